The second-order valence-electron chi connectivity index (χ2n) is 11.0. The van der Waals surface area contributed by atoms with Crippen molar-refractivity contribution in [2.75, 3.05) is 36.5 Å². The summed E-state index contributed by atoms with van der Waals surface area (Å²) >= 11 is 1.58. The first-order chi connectivity index (χ1) is 19.5. The van der Waals surface area contributed by atoms with Crippen LogP contribution in [0, 0.1) is 23.2 Å². The molecular weight excluding hydrogens is 526 g/mol. The number of fused-ring (bicyclic) bond motifs is 3. The highest BCUT2D eigenvalue weighted by Crippen LogP contribution is 2.44. The van der Waals surface area contributed by atoms with Crippen LogP contribution < -0.4 is 10.2 Å². The number of anilines is 2. The second-order valence-corrected chi connectivity index (χ2v) is 12.0. The van der Waals surface area contributed by atoms with Crippen LogP contribution in [-0.4, -0.2) is 74.1 Å². The minimum atomic E-state index is -0.162. The van der Waals surface area contributed by atoms with Gasteiger partial charge < -0.3 is 19.9 Å². The van der Waals surface area contributed by atoms with Gasteiger partial charge in [-0.15, -0.1) is 10.2 Å². The van der Waals surface area contributed by atoms with Crippen LogP contribution in [-0.2, 0) is 4.74 Å². The van der Waals surface area contributed by atoms with Crippen molar-refractivity contribution in [1.29, 1.82) is 5.26 Å². The highest BCUT2D eigenvalue weighted by Gasteiger charge is 2.48. The monoisotopic (exact) mass is 555 g/mol. The summed E-state index contributed by atoms with van der Waals surface area (Å²) in [5.41, 5.74) is 4.80. The van der Waals surface area contributed by atoms with Crippen molar-refractivity contribution < 1.29 is 9.53 Å². The molecule has 3 atom stereocenters. The van der Waals surface area contributed by atoms with E-state index >= 15 is 0 Å². The van der Waals surface area contributed by atoms with Crippen molar-refractivity contribution in [3.05, 3.63) is 42.2 Å². The van der Waals surface area contributed by atoms with Crippen LogP contribution in [0.1, 0.15) is 32.3 Å². The van der Waals surface area contributed by atoms with Crippen LogP contribution in [0.15, 0.2) is 36.7 Å². The van der Waals surface area contributed by atoms with E-state index in [-0.39, 0.29) is 18.2 Å². The smallest absolute Gasteiger partial charge is 0.410 e. The number of nitrogens with zero attached hydrogens (tertiary/aromatic N) is 8. The van der Waals surface area contributed by atoms with E-state index < -0.39 is 0 Å². The average Bonchev–Trinajstić information content (AvgIpc) is 3.73. The van der Waals surface area contributed by atoms with E-state index in [1.54, 1.807) is 22.0 Å². The molecule has 0 aromatic carbocycles. The number of nitrogens with one attached hydrogen (secondary N) is 1. The number of amides is 1. The summed E-state index contributed by atoms with van der Waals surface area (Å²) in [6.07, 6.45) is 5.49. The molecule has 4 aromatic rings. The van der Waals surface area contributed by atoms with E-state index in [1.165, 1.54) is 0 Å². The van der Waals surface area contributed by atoms with Gasteiger partial charge in [0.1, 0.15) is 12.7 Å². The Labute approximate surface area is 235 Å². The molecule has 7 rings (SSSR count). The van der Waals surface area contributed by atoms with E-state index in [9.17, 15) is 10.1 Å². The largest absolute Gasteiger partial charge is 0.448 e. The predicted octanol–water partition coefficient (Wildman–Crippen LogP) is 4.27. The zero-order valence-corrected chi connectivity index (χ0v) is 23.1. The van der Waals surface area contributed by atoms with E-state index in [4.69, 9.17) is 9.72 Å². The summed E-state index contributed by atoms with van der Waals surface area (Å²) in [6.45, 7) is 7.14. The predicted molar refractivity (Wildman–Crippen MR) is 151 cm³/mol. The maximum absolute atomic E-state index is 12.2. The zero-order valence-electron chi connectivity index (χ0n) is 22.3. The maximum atomic E-state index is 12.2. The Morgan fingerprint density at radius 1 is 1.15 bits per heavy atom. The minimum absolute atomic E-state index is 0.162. The second kappa shape index (κ2) is 9.75. The molecule has 2 saturated heterocycles. The Hall–Kier alpha value is -4.24. The van der Waals surface area contributed by atoms with Gasteiger partial charge in [0.15, 0.2) is 5.01 Å². The molecule has 4 aromatic heterocycles. The number of rotatable bonds is 6. The molecule has 1 N–H and O–H groups in total. The summed E-state index contributed by atoms with van der Waals surface area (Å²) in [5, 5.41) is 28.1. The van der Waals surface area contributed by atoms with Crippen molar-refractivity contribution >= 4 is 33.8 Å². The molecule has 2 bridgehead atoms. The minimum Gasteiger partial charge on any atom is -0.448 e. The quantitative estimate of drug-likeness (QED) is 0.371. The van der Waals surface area contributed by atoms with Crippen molar-refractivity contribution in [3.8, 4) is 28.0 Å². The van der Waals surface area contributed by atoms with Gasteiger partial charge in [0.25, 0.3) is 0 Å². The number of carbonyl (C=O) groups excluding carboxylic acids is 1. The normalized spacial score (nSPS) is 22.2. The molecule has 1 amide bonds. The Balaban J connectivity index is 1.16. The van der Waals surface area contributed by atoms with Crippen LogP contribution in [0.2, 0.25) is 0 Å². The molecule has 40 heavy (non-hydrogen) atoms. The molecule has 204 valence electrons. The number of carbonyl (C=O) groups is 1. The highest BCUT2D eigenvalue weighted by molar-refractivity contribution is 7.18. The van der Waals surface area contributed by atoms with Crippen molar-refractivity contribution in [2.45, 2.75) is 38.8 Å². The fourth-order valence-corrected chi connectivity index (χ4v) is 7.32. The molecule has 6 heterocycles. The van der Waals surface area contributed by atoms with Crippen LogP contribution in [0.5, 0.6) is 0 Å². The van der Waals surface area contributed by atoms with Crippen molar-refractivity contribution in [3.63, 3.8) is 0 Å². The molecule has 3 fully saturated rings. The Bertz CT molecular complexity index is 1630. The lowest BCUT2D eigenvalue weighted by Crippen LogP contribution is -2.53. The van der Waals surface area contributed by atoms with Gasteiger partial charge in [0.2, 0.25) is 5.13 Å². The Kier molecular flexibility index (Phi) is 6.04. The summed E-state index contributed by atoms with van der Waals surface area (Å²) in [5.74, 6) is 0.844. The van der Waals surface area contributed by atoms with Gasteiger partial charge in [-0.3, -0.25) is 4.98 Å². The van der Waals surface area contributed by atoms with Gasteiger partial charge in [-0.2, -0.15) is 10.4 Å². The van der Waals surface area contributed by atoms with Gasteiger partial charge in [0, 0.05) is 37.1 Å². The molecule has 12 heteroatoms. The number of cyclic esters (lactones) is 1. The van der Waals surface area contributed by atoms with E-state index in [1.807, 2.05) is 35.4 Å². The number of pyridine rings is 1. The van der Waals surface area contributed by atoms with Gasteiger partial charge in [-0.25, -0.2) is 9.31 Å². The molecule has 3 aliphatic rings. The molecule has 1 aliphatic carbocycles. The summed E-state index contributed by atoms with van der Waals surface area (Å²) in [4.78, 5) is 21.3. The fraction of sp³-hybridized carbons (Fsp3) is 0.429. The van der Waals surface area contributed by atoms with E-state index in [0.29, 0.717) is 30.6 Å². The van der Waals surface area contributed by atoms with Crippen LogP contribution in [0.3, 0.4) is 0 Å². The van der Waals surface area contributed by atoms with E-state index in [2.05, 4.69) is 45.4 Å². The zero-order chi connectivity index (χ0) is 27.4. The molecule has 11 nitrogen and oxygen atoms in total. The highest BCUT2D eigenvalue weighted by atomic mass is 32.1. The number of hydrogen-bond donors (Lipinski definition) is 1. The Morgan fingerprint density at radius 2 is 1.98 bits per heavy atom. The molecular formula is C28H29N9O2S. The standard InChI is InChI=1S/C28H29N9O2S/c1-16(2)32-22-10-23(24-6-5-20-9-17(11-29)12-31-37(20)24)30-13-21(22)26-33-34-27(40-26)35-14-18-3-4-19(15-35)25(18)36-7-8-39-28(36)38/h5-6,9-10,12-13,16,18-19,25H,3-4,7-8,14-15H2,1-2H3,(H,30,32)/t18-,19+,25?. The summed E-state index contributed by atoms with van der Waals surface area (Å²) < 4.78 is 7.03. The van der Waals surface area contributed by atoms with Crippen LogP contribution >= 0.6 is 11.3 Å². The third-order valence-corrected chi connectivity index (χ3v) is 9.11. The lowest BCUT2D eigenvalue weighted by molar-refractivity contribution is 0.122. The SMILES string of the molecule is CC(C)Nc1cc(-c2ccc3cc(C#N)cnn23)ncc1-c1nnc(N2C[C@H]3CC[C@@H](C2)C3N2CCOC2=O)s1. The first-order valence-electron chi connectivity index (χ1n) is 13.7. The average molecular weight is 556 g/mol. The first kappa shape index (κ1) is 24.8. The van der Waals surface area contributed by atoms with Gasteiger partial charge in [0.05, 0.1) is 40.8 Å². The summed E-state index contributed by atoms with van der Waals surface area (Å²) in [6, 6.07) is 10.4. The number of nitriles is 1. The molecule has 0 radical (unpaired) electrons. The van der Waals surface area contributed by atoms with Crippen LogP contribution in [0.4, 0.5) is 15.6 Å². The lowest BCUT2D eigenvalue weighted by atomic mass is 9.91. The summed E-state index contributed by atoms with van der Waals surface area (Å²) in [7, 11) is 0. The van der Waals surface area contributed by atoms with Gasteiger partial charge in [-0.1, -0.05) is 11.3 Å². The number of piperidine rings is 1. The lowest BCUT2D eigenvalue weighted by Gasteiger charge is -2.41. The van der Waals surface area contributed by atoms with Crippen LogP contribution in [0.25, 0.3) is 27.5 Å². The number of aromatic nitrogens is 5. The fourth-order valence-electron chi connectivity index (χ4n) is 6.44. The maximum Gasteiger partial charge on any atom is 0.410 e. The van der Waals surface area contributed by atoms with Crippen molar-refractivity contribution in [2.24, 2.45) is 11.8 Å². The third-order valence-electron chi connectivity index (χ3n) is 8.09. The molecule has 0 spiro atoms. The molecule has 1 unspecified atom stereocenters. The number of ether oxygens (including phenoxy) is 1. The first-order valence-corrected chi connectivity index (χ1v) is 14.5. The number of hydrogen-bond acceptors (Lipinski definition) is 10. The van der Waals surface area contributed by atoms with Gasteiger partial charge >= 0.3 is 6.09 Å². The Morgan fingerprint density at radius 3 is 2.70 bits per heavy atom. The topological polar surface area (TPSA) is 125 Å². The third kappa shape index (κ3) is 4.21. The van der Waals surface area contributed by atoms with Crippen molar-refractivity contribution in [1.82, 2.24) is 29.7 Å². The van der Waals surface area contributed by atoms with Gasteiger partial charge in [-0.05, 0) is 62.8 Å². The molecule has 1 saturated carbocycles. The molecule has 2 aliphatic heterocycles. The van der Waals surface area contributed by atoms with E-state index in [0.717, 1.165) is 64.2 Å².